The van der Waals surface area contributed by atoms with Crippen LogP contribution in [0.2, 0.25) is 0 Å². The summed E-state index contributed by atoms with van der Waals surface area (Å²) in [6, 6.07) is 21.5. The van der Waals surface area contributed by atoms with E-state index in [1.54, 1.807) is 12.1 Å². The van der Waals surface area contributed by atoms with E-state index in [1.165, 1.54) is 11.6 Å². The molecule has 0 N–H and O–H groups in total. The number of amides is 1. The Bertz CT molecular complexity index is 1430. The van der Waals surface area contributed by atoms with Gasteiger partial charge in [0.2, 0.25) is 5.91 Å². The van der Waals surface area contributed by atoms with Gasteiger partial charge in [-0.25, -0.2) is 0 Å². The Hall–Kier alpha value is -3.99. The number of piperazine rings is 1. The Balaban J connectivity index is 1.36. The number of nitrogens with zero attached hydrogens (tertiary/aromatic N) is 4. The van der Waals surface area contributed by atoms with Gasteiger partial charge in [-0.2, -0.15) is 18.4 Å². The Labute approximate surface area is 219 Å². The lowest BCUT2D eigenvalue weighted by Crippen LogP contribution is -2.61. The van der Waals surface area contributed by atoms with Crippen LogP contribution in [-0.4, -0.2) is 43.0 Å². The fourth-order valence-corrected chi connectivity index (χ4v) is 6.26. The number of anilines is 2. The third-order valence-electron chi connectivity index (χ3n) is 8.16. The summed E-state index contributed by atoms with van der Waals surface area (Å²) < 4.78 is 40.7. The summed E-state index contributed by atoms with van der Waals surface area (Å²) in [6.45, 7) is 2.77. The maximum atomic E-state index is 14.1. The van der Waals surface area contributed by atoms with Gasteiger partial charge in [0.05, 0.1) is 28.8 Å². The third kappa shape index (κ3) is 4.26. The number of benzene rings is 3. The van der Waals surface area contributed by atoms with E-state index >= 15 is 0 Å². The predicted molar refractivity (Wildman–Crippen MR) is 139 cm³/mol. The minimum atomic E-state index is -4.44. The van der Waals surface area contributed by atoms with Gasteiger partial charge in [-0.3, -0.25) is 4.79 Å². The van der Waals surface area contributed by atoms with Crippen LogP contribution in [0.3, 0.4) is 0 Å². The highest BCUT2D eigenvalue weighted by Gasteiger charge is 2.44. The van der Waals surface area contributed by atoms with Crippen LogP contribution < -0.4 is 9.80 Å². The molecule has 3 aromatic carbocycles. The van der Waals surface area contributed by atoms with Crippen LogP contribution in [0.1, 0.15) is 27.8 Å². The van der Waals surface area contributed by atoms with Crippen molar-refractivity contribution in [2.45, 2.75) is 31.6 Å². The minimum Gasteiger partial charge on any atom is -0.367 e. The molecular formula is C30H27F3N4O. The zero-order chi connectivity index (χ0) is 26.4. The lowest BCUT2D eigenvalue weighted by atomic mass is 9.82. The van der Waals surface area contributed by atoms with Gasteiger partial charge in [0.1, 0.15) is 6.07 Å². The summed E-state index contributed by atoms with van der Waals surface area (Å²) in [4.78, 5) is 20.2. The average molecular weight is 517 g/mol. The van der Waals surface area contributed by atoms with Crippen molar-refractivity contribution in [3.05, 3.63) is 94.5 Å². The van der Waals surface area contributed by atoms with Crippen molar-refractivity contribution in [3.8, 4) is 6.07 Å². The monoisotopic (exact) mass is 516 g/mol. The van der Waals surface area contributed by atoms with Gasteiger partial charge in [0.25, 0.3) is 0 Å². The standard InChI is InChI=1S/C30H27F3N4O/c31-30(32,33)24-9-10-27-23(15-24)16-25(29(38)36-12-11-20-5-1-2-7-22(20)18-36)28-19-35(13-14-37(27)28)26-8-4-3-6-21(26)17-34/h1-10,15,25,28H,11-14,16,18-19H2. The number of halogens is 3. The van der Waals surface area contributed by atoms with E-state index in [0.717, 1.165) is 29.4 Å². The first-order valence-electron chi connectivity index (χ1n) is 12.9. The van der Waals surface area contributed by atoms with Crippen LogP contribution in [-0.2, 0) is 30.4 Å². The van der Waals surface area contributed by atoms with Crippen LogP contribution in [0.5, 0.6) is 0 Å². The number of hydrogen-bond donors (Lipinski definition) is 0. The fraction of sp³-hybridized carbons (Fsp3) is 0.333. The first-order chi connectivity index (χ1) is 18.3. The Morgan fingerprint density at radius 3 is 2.45 bits per heavy atom. The number of carbonyl (C=O) groups is 1. The molecule has 1 amide bonds. The maximum absolute atomic E-state index is 14.1. The van der Waals surface area contributed by atoms with Crippen LogP contribution in [0.4, 0.5) is 24.5 Å². The van der Waals surface area contributed by atoms with Crippen LogP contribution in [0, 0.1) is 17.2 Å². The third-order valence-corrected chi connectivity index (χ3v) is 8.16. The Morgan fingerprint density at radius 2 is 1.66 bits per heavy atom. The molecule has 1 saturated heterocycles. The van der Waals surface area contributed by atoms with Crippen molar-refractivity contribution in [2.75, 3.05) is 36.0 Å². The number of carbonyl (C=O) groups excluding carboxylic acids is 1. The van der Waals surface area contributed by atoms with Gasteiger partial charge in [-0.1, -0.05) is 36.4 Å². The molecule has 3 aliphatic rings. The highest BCUT2D eigenvalue weighted by atomic mass is 19.4. The molecule has 1 fully saturated rings. The second kappa shape index (κ2) is 9.39. The van der Waals surface area contributed by atoms with E-state index in [-0.39, 0.29) is 18.4 Å². The lowest BCUT2D eigenvalue weighted by Gasteiger charge is -2.50. The summed E-state index contributed by atoms with van der Waals surface area (Å²) in [5.74, 6) is -0.513. The molecule has 0 bridgehead atoms. The molecule has 0 spiro atoms. The van der Waals surface area contributed by atoms with Gasteiger partial charge in [-0.05, 0) is 59.9 Å². The van der Waals surface area contributed by atoms with Crippen molar-refractivity contribution in [2.24, 2.45) is 5.92 Å². The summed E-state index contributed by atoms with van der Waals surface area (Å²) >= 11 is 0. The van der Waals surface area contributed by atoms with E-state index in [1.807, 2.05) is 41.3 Å². The fourth-order valence-electron chi connectivity index (χ4n) is 6.26. The van der Waals surface area contributed by atoms with Crippen molar-refractivity contribution in [3.63, 3.8) is 0 Å². The van der Waals surface area contributed by atoms with Crippen molar-refractivity contribution in [1.29, 1.82) is 5.26 Å². The first kappa shape index (κ1) is 24.4. The van der Waals surface area contributed by atoms with Gasteiger partial charge < -0.3 is 14.7 Å². The van der Waals surface area contributed by atoms with Gasteiger partial charge in [-0.15, -0.1) is 0 Å². The number of rotatable bonds is 2. The zero-order valence-corrected chi connectivity index (χ0v) is 20.8. The van der Waals surface area contributed by atoms with Crippen LogP contribution >= 0.6 is 0 Å². The molecule has 0 saturated carbocycles. The molecule has 3 aliphatic heterocycles. The van der Waals surface area contributed by atoms with Crippen molar-refractivity contribution < 1.29 is 18.0 Å². The molecule has 6 rings (SSSR count). The molecule has 8 heteroatoms. The number of alkyl halides is 3. The topological polar surface area (TPSA) is 50.6 Å². The van der Waals surface area contributed by atoms with Gasteiger partial charge in [0.15, 0.2) is 0 Å². The quantitative estimate of drug-likeness (QED) is 0.480. The molecule has 3 heterocycles. The summed E-state index contributed by atoms with van der Waals surface area (Å²) in [7, 11) is 0. The lowest BCUT2D eigenvalue weighted by molar-refractivity contribution is -0.137. The smallest absolute Gasteiger partial charge is 0.367 e. The maximum Gasteiger partial charge on any atom is 0.416 e. The molecule has 2 atom stereocenters. The van der Waals surface area contributed by atoms with Crippen molar-refractivity contribution in [1.82, 2.24) is 4.90 Å². The zero-order valence-electron chi connectivity index (χ0n) is 20.8. The second-order valence-electron chi connectivity index (χ2n) is 10.3. The minimum absolute atomic E-state index is 0.0204. The largest absolute Gasteiger partial charge is 0.416 e. The Kier molecular flexibility index (Phi) is 6.02. The van der Waals surface area contributed by atoms with Crippen LogP contribution in [0.15, 0.2) is 66.7 Å². The summed E-state index contributed by atoms with van der Waals surface area (Å²) in [5, 5.41) is 9.65. The summed E-state index contributed by atoms with van der Waals surface area (Å²) in [5.41, 5.74) is 4.40. The predicted octanol–water partition coefficient (Wildman–Crippen LogP) is 5.03. The molecule has 0 aliphatic carbocycles. The van der Waals surface area contributed by atoms with Crippen molar-refractivity contribution >= 4 is 17.3 Å². The molecule has 38 heavy (non-hydrogen) atoms. The average Bonchev–Trinajstić information content (AvgIpc) is 2.95. The first-order valence-corrected chi connectivity index (χ1v) is 12.9. The van der Waals surface area contributed by atoms with E-state index < -0.39 is 17.7 Å². The van der Waals surface area contributed by atoms with Gasteiger partial charge >= 0.3 is 6.18 Å². The SMILES string of the molecule is N#Cc1ccccc1N1CCN2c3ccc(C(F)(F)F)cc3CC(C(=O)N3CCc4ccccc4C3)C2C1. The number of nitriles is 1. The Morgan fingerprint density at radius 1 is 0.895 bits per heavy atom. The number of fused-ring (bicyclic) bond motifs is 4. The van der Waals surface area contributed by atoms with E-state index in [0.29, 0.717) is 43.9 Å². The molecule has 0 aromatic heterocycles. The molecule has 2 unspecified atom stereocenters. The van der Waals surface area contributed by atoms with E-state index in [2.05, 4.69) is 21.9 Å². The molecule has 194 valence electrons. The highest BCUT2D eigenvalue weighted by Crippen LogP contribution is 2.41. The summed E-state index contributed by atoms with van der Waals surface area (Å²) in [6.07, 6.45) is -3.42. The van der Waals surface area contributed by atoms with E-state index in [4.69, 9.17) is 0 Å². The molecule has 5 nitrogen and oxygen atoms in total. The van der Waals surface area contributed by atoms with E-state index in [9.17, 15) is 23.2 Å². The normalized spacial score (nSPS) is 20.7. The molecular weight excluding hydrogens is 489 g/mol. The number of para-hydroxylation sites is 1. The molecule has 3 aromatic rings. The second-order valence-corrected chi connectivity index (χ2v) is 10.3. The van der Waals surface area contributed by atoms with Gasteiger partial charge in [0, 0.05) is 38.4 Å². The van der Waals surface area contributed by atoms with Crippen LogP contribution in [0.25, 0.3) is 0 Å². The highest BCUT2D eigenvalue weighted by molar-refractivity contribution is 5.83. The number of hydrogen-bond acceptors (Lipinski definition) is 4. The molecule has 0 radical (unpaired) electrons.